The molecule has 0 saturated heterocycles. The fourth-order valence-electron chi connectivity index (χ4n) is 2.56. The Morgan fingerprint density at radius 3 is 2.15 bits per heavy atom. The molecule has 1 N–H and O–H groups in total. The smallest absolute Gasteiger partial charge is 0.318 e. The van der Waals surface area contributed by atoms with Crippen LogP contribution in [0.5, 0.6) is 0 Å². The van der Waals surface area contributed by atoms with Gasteiger partial charge in [0.2, 0.25) is 5.91 Å². The third-order valence-corrected chi connectivity index (χ3v) is 4.06. The summed E-state index contributed by atoms with van der Waals surface area (Å²) < 4.78 is 5.28. The predicted octanol–water partition coefficient (Wildman–Crippen LogP) is 2.78. The maximum absolute atomic E-state index is 12.7. The van der Waals surface area contributed by atoms with Crippen LogP contribution in [0, 0.1) is 5.92 Å². The molecule has 5 nitrogen and oxygen atoms in total. The van der Waals surface area contributed by atoms with Gasteiger partial charge in [-0.1, -0.05) is 60.7 Å². The van der Waals surface area contributed by atoms with Gasteiger partial charge in [0.15, 0.2) is 0 Å². The van der Waals surface area contributed by atoms with Gasteiger partial charge >= 0.3 is 5.97 Å². The second-order valence-corrected chi connectivity index (χ2v) is 6.14. The third-order valence-electron chi connectivity index (χ3n) is 4.06. The quantitative estimate of drug-likeness (QED) is 0.555. The SMILES string of the molecule is C[C@@H](C(=O)OCc1ccccc1)C(=O)N(CCCO)Cc1ccccc1. The first kappa shape index (κ1) is 19.7. The molecule has 138 valence electrons. The Hall–Kier alpha value is -2.66. The van der Waals surface area contributed by atoms with Crippen molar-refractivity contribution >= 4 is 11.9 Å². The Bertz CT molecular complexity index is 688. The molecule has 0 saturated carbocycles. The van der Waals surface area contributed by atoms with Crippen molar-refractivity contribution in [2.24, 2.45) is 5.92 Å². The second-order valence-electron chi connectivity index (χ2n) is 6.14. The van der Waals surface area contributed by atoms with E-state index in [1.807, 2.05) is 60.7 Å². The number of aliphatic hydroxyl groups excluding tert-OH is 1. The molecule has 0 heterocycles. The van der Waals surface area contributed by atoms with E-state index in [2.05, 4.69) is 0 Å². The maximum Gasteiger partial charge on any atom is 0.318 e. The molecule has 2 rings (SSSR count). The molecule has 0 fully saturated rings. The predicted molar refractivity (Wildman–Crippen MR) is 99.0 cm³/mol. The lowest BCUT2D eigenvalue weighted by Crippen LogP contribution is -2.39. The van der Waals surface area contributed by atoms with E-state index in [4.69, 9.17) is 9.84 Å². The van der Waals surface area contributed by atoms with Crippen molar-refractivity contribution in [3.63, 3.8) is 0 Å². The van der Waals surface area contributed by atoms with Gasteiger partial charge in [-0.05, 0) is 24.5 Å². The zero-order valence-corrected chi connectivity index (χ0v) is 15.0. The van der Waals surface area contributed by atoms with E-state index >= 15 is 0 Å². The van der Waals surface area contributed by atoms with Crippen LogP contribution >= 0.6 is 0 Å². The van der Waals surface area contributed by atoms with E-state index in [9.17, 15) is 9.59 Å². The van der Waals surface area contributed by atoms with Crippen LogP contribution in [0.3, 0.4) is 0 Å². The van der Waals surface area contributed by atoms with E-state index < -0.39 is 11.9 Å². The van der Waals surface area contributed by atoms with E-state index in [1.54, 1.807) is 11.8 Å². The van der Waals surface area contributed by atoms with Crippen LogP contribution in [0.4, 0.5) is 0 Å². The number of esters is 1. The van der Waals surface area contributed by atoms with Gasteiger partial charge in [-0.15, -0.1) is 0 Å². The molecule has 1 atom stereocenters. The molecule has 2 aromatic carbocycles. The standard InChI is InChI=1S/C21H25NO4/c1-17(21(25)26-16-19-11-6-3-7-12-19)20(24)22(13-8-14-23)15-18-9-4-2-5-10-18/h2-7,9-12,17,23H,8,13-16H2,1H3/t17-/m1/s1. The van der Waals surface area contributed by atoms with Crippen LogP contribution < -0.4 is 0 Å². The largest absolute Gasteiger partial charge is 0.460 e. The van der Waals surface area contributed by atoms with Crippen LogP contribution in [0.25, 0.3) is 0 Å². The van der Waals surface area contributed by atoms with Gasteiger partial charge in [0.1, 0.15) is 12.5 Å². The molecule has 0 unspecified atom stereocenters. The Kier molecular flexibility index (Phi) is 7.83. The van der Waals surface area contributed by atoms with Gasteiger partial charge in [-0.25, -0.2) is 0 Å². The first-order chi connectivity index (χ1) is 12.6. The average molecular weight is 355 g/mol. The van der Waals surface area contributed by atoms with Crippen molar-refractivity contribution in [1.82, 2.24) is 4.90 Å². The lowest BCUT2D eigenvalue weighted by atomic mass is 10.1. The molecular formula is C21H25NO4. The molecule has 1 amide bonds. The van der Waals surface area contributed by atoms with Crippen LogP contribution in [-0.2, 0) is 27.5 Å². The molecule has 0 aliphatic carbocycles. The van der Waals surface area contributed by atoms with Crippen LogP contribution in [-0.4, -0.2) is 35.0 Å². The Labute approximate surface area is 154 Å². The summed E-state index contributed by atoms with van der Waals surface area (Å²) in [7, 11) is 0. The summed E-state index contributed by atoms with van der Waals surface area (Å²) in [6.45, 7) is 2.49. The first-order valence-corrected chi connectivity index (χ1v) is 8.76. The van der Waals surface area contributed by atoms with Gasteiger partial charge in [-0.2, -0.15) is 0 Å². The molecule has 0 aromatic heterocycles. The molecule has 0 aliphatic heterocycles. The highest BCUT2D eigenvalue weighted by Crippen LogP contribution is 2.12. The number of hydrogen-bond acceptors (Lipinski definition) is 4. The Morgan fingerprint density at radius 2 is 1.58 bits per heavy atom. The molecule has 0 bridgehead atoms. The normalized spacial score (nSPS) is 11.6. The van der Waals surface area contributed by atoms with Crippen molar-refractivity contribution in [3.05, 3.63) is 71.8 Å². The highest BCUT2D eigenvalue weighted by molar-refractivity contribution is 5.97. The second kappa shape index (κ2) is 10.4. The van der Waals surface area contributed by atoms with E-state index in [-0.39, 0.29) is 19.1 Å². The van der Waals surface area contributed by atoms with Gasteiger partial charge in [-0.3, -0.25) is 9.59 Å². The molecule has 0 radical (unpaired) electrons. The monoisotopic (exact) mass is 355 g/mol. The summed E-state index contributed by atoms with van der Waals surface area (Å²) in [4.78, 5) is 26.6. The van der Waals surface area contributed by atoms with E-state index in [0.717, 1.165) is 11.1 Å². The van der Waals surface area contributed by atoms with Crippen molar-refractivity contribution in [2.75, 3.05) is 13.2 Å². The summed E-state index contributed by atoms with van der Waals surface area (Å²) >= 11 is 0. The summed E-state index contributed by atoms with van der Waals surface area (Å²) in [5, 5.41) is 9.09. The zero-order valence-electron chi connectivity index (χ0n) is 15.0. The Balaban J connectivity index is 1.97. The molecular weight excluding hydrogens is 330 g/mol. The lowest BCUT2D eigenvalue weighted by molar-refractivity contribution is -0.156. The molecule has 0 spiro atoms. The van der Waals surface area contributed by atoms with Gasteiger partial charge in [0, 0.05) is 19.7 Å². The average Bonchev–Trinajstić information content (AvgIpc) is 2.69. The minimum absolute atomic E-state index is 0.00853. The first-order valence-electron chi connectivity index (χ1n) is 8.76. The number of rotatable bonds is 9. The van der Waals surface area contributed by atoms with Gasteiger partial charge < -0.3 is 14.7 Å². The Morgan fingerprint density at radius 1 is 1.00 bits per heavy atom. The zero-order chi connectivity index (χ0) is 18.8. The maximum atomic E-state index is 12.7. The van der Waals surface area contributed by atoms with E-state index in [0.29, 0.717) is 19.5 Å². The van der Waals surface area contributed by atoms with Crippen molar-refractivity contribution in [1.29, 1.82) is 0 Å². The summed E-state index contributed by atoms with van der Waals surface area (Å²) in [5.74, 6) is -1.72. The fourth-order valence-corrected chi connectivity index (χ4v) is 2.56. The fraction of sp³-hybridized carbons (Fsp3) is 0.333. The molecule has 0 aliphatic rings. The number of hydrogen-bond donors (Lipinski definition) is 1. The van der Waals surface area contributed by atoms with Crippen molar-refractivity contribution < 1.29 is 19.4 Å². The number of nitrogens with zero attached hydrogens (tertiary/aromatic N) is 1. The number of carbonyl (C=O) groups is 2. The van der Waals surface area contributed by atoms with Gasteiger partial charge in [0.25, 0.3) is 0 Å². The molecule has 2 aromatic rings. The third kappa shape index (κ3) is 6.01. The summed E-state index contributed by atoms with van der Waals surface area (Å²) in [6.07, 6.45) is 0.463. The van der Waals surface area contributed by atoms with Crippen molar-refractivity contribution in [2.45, 2.75) is 26.5 Å². The van der Waals surface area contributed by atoms with Gasteiger partial charge in [0.05, 0.1) is 0 Å². The highest BCUT2D eigenvalue weighted by atomic mass is 16.5. The number of amides is 1. The topological polar surface area (TPSA) is 66.8 Å². The number of benzene rings is 2. The molecule has 26 heavy (non-hydrogen) atoms. The summed E-state index contributed by atoms with van der Waals surface area (Å²) in [6, 6.07) is 18.9. The van der Waals surface area contributed by atoms with Crippen LogP contribution in [0.15, 0.2) is 60.7 Å². The van der Waals surface area contributed by atoms with E-state index in [1.165, 1.54) is 0 Å². The number of carbonyl (C=O) groups excluding carboxylic acids is 2. The van der Waals surface area contributed by atoms with Crippen molar-refractivity contribution in [3.8, 4) is 0 Å². The highest BCUT2D eigenvalue weighted by Gasteiger charge is 2.27. The number of aliphatic hydroxyl groups is 1. The number of ether oxygens (including phenoxy) is 1. The lowest BCUT2D eigenvalue weighted by Gasteiger charge is -2.25. The van der Waals surface area contributed by atoms with Crippen LogP contribution in [0.1, 0.15) is 24.5 Å². The molecule has 5 heteroatoms. The summed E-state index contributed by atoms with van der Waals surface area (Å²) in [5.41, 5.74) is 1.85. The van der Waals surface area contributed by atoms with Crippen LogP contribution in [0.2, 0.25) is 0 Å². The minimum Gasteiger partial charge on any atom is -0.460 e. The minimum atomic E-state index is -0.888.